The van der Waals surface area contributed by atoms with E-state index in [1.165, 1.54) is 0 Å². The maximum atomic E-state index is 12.9. The van der Waals surface area contributed by atoms with Crippen LogP contribution in [0.25, 0.3) is 5.65 Å². The van der Waals surface area contributed by atoms with Crippen LogP contribution < -0.4 is 10.2 Å². The van der Waals surface area contributed by atoms with Crippen LogP contribution in [0, 0.1) is 5.92 Å². The van der Waals surface area contributed by atoms with E-state index in [4.69, 9.17) is 9.84 Å². The Hall–Kier alpha value is -3.49. The zero-order valence-corrected chi connectivity index (χ0v) is 18.6. The van der Waals surface area contributed by atoms with Gasteiger partial charge in [0.05, 0.1) is 18.1 Å². The summed E-state index contributed by atoms with van der Waals surface area (Å²) in [5.41, 5.74) is 1.84. The second-order valence-electron chi connectivity index (χ2n) is 8.25. The molecule has 0 radical (unpaired) electrons. The number of anilines is 2. The maximum absolute atomic E-state index is 12.9. The van der Waals surface area contributed by atoms with Gasteiger partial charge >= 0.3 is 5.97 Å². The Kier molecular flexibility index (Phi) is 6.34. The molecule has 1 atom stereocenters. The number of hydrogen-bond donors (Lipinski definition) is 1. The number of carbonyl (C=O) groups is 2. The summed E-state index contributed by atoms with van der Waals surface area (Å²) >= 11 is 0. The van der Waals surface area contributed by atoms with Crippen LogP contribution in [0.3, 0.4) is 0 Å². The fraction of sp³-hybridized carbons (Fsp3) is 0.435. The van der Waals surface area contributed by atoms with Crippen molar-refractivity contribution in [3.63, 3.8) is 0 Å². The van der Waals surface area contributed by atoms with Crippen LogP contribution in [0.2, 0.25) is 0 Å². The van der Waals surface area contributed by atoms with Crippen molar-refractivity contribution in [2.45, 2.75) is 39.5 Å². The van der Waals surface area contributed by atoms with Crippen LogP contribution in [0.15, 0.2) is 36.4 Å². The SMILES string of the molecule is CCOC(=O)c1ccc(NC(=O)C2CCCN(c3ccc4nnc(C(C)C)n4n3)C2)cc1. The molecule has 1 unspecified atom stereocenters. The first-order chi connectivity index (χ1) is 15.5. The van der Waals surface area contributed by atoms with Gasteiger partial charge in [-0.25, -0.2) is 4.79 Å². The number of hydrogen-bond acceptors (Lipinski definition) is 7. The van der Waals surface area contributed by atoms with E-state index in [0.717, 1.165) is 36.7 Å². The van der Waals surface area contributed by atoms with Gasteiger partial charge < -0.3 is 15.0 Å². The lowest BCUT2D eigenvalue weighted by atomic mass is 9.97. The average molecular weight is 437 g/mol. The first-order valence-electron chi connectivity index (χ1n) is 11.0. The molecule has 1 fully saturated rings. The minimum atomic E-state index is -0.369. The predicted molar refractivity (Wildman–Crippen MR) is 121 cm³/mol. The Morgan fingerprint density at radius 1 is 1.16 bits per heavy atom. The predicted octanol–water partition coefficient (Wildman–Crippen LogP) is 3.28. The number of carbonyl (C=O) groups excluding carboxylic acids is 2. The van der Waals surface area contributed by atoms with Gasteiger partial charge in [0.25, 0.3) is 0 Å². The molecule has 1 aromatic carbocycles. The van der Waals surface area contributed by atoms with Gasteiger partial charge in [-0.15, -0.1) is 15.3 Å². The monoisotopic (exact) mass is 436 g/mol. The summed E-state index contributed by atoms with van der Waals surface area (Å²) in [6.45, 7) is 7.65. The summed E-state index contributed by atoms with van der Waals surface area (Å²) in [7, 11) is 0. The second kappa shape index (κ2) is 9.33. The first-order valence-corrected chi connectivity index (χ1v) is 11.0. The van der Waals surface area contributed by atoms with Crippen LogP contribution in [0.1, 0.15) is 55.7 Å². The van der Waals surface area contributed by atoms with Gasteiger partial charge in [-0.2, -0.15) is 4.52 Å². The fourth-order valence-corrected chi connectivity index (χ4v) is 3.87. The maximum Gasteiger partial charge on any atom is 0.338 e. The Labute approximate surface area is 186 Å². The molecule has 1 amide bonds. The number of esters is 1. The minimum Gasteiger partial charge on any atom is -0.462 e. The number of nitrogens with one attached hydrogen (secondary N) is 1. The van der Waals surface area contributed by atoms with E-state index in [2.05, 4.69) is 34.3 Å². The third kappa shape index (κ3) is 4.56. The number of benzene rings is 1. The third-order valence-corrected chi connectivity index (χ3v) is 5.57. The van der Waals surface area contributed by atoms with Crippen LogP contribution in [0.5, 0.6) is 0 Å². The number of nitrogens with zero attached hydrogens (tertiary/aromatic N) is 5. The number of ether oxygens (including phenoxy) is 1. The lowest BCUT2D eigenvalue weighted by Crippen LogP contribution is -2.41. The highest BCUT2D eigenvalue weighted by Gasteiger charge is 2.27. The molecular formula is C23H28N6O3. The summed E-state index contributed by atoms with van der Waals surface area (Å²) in [5, 5.41) is 16.1. The molecule has 0 aliphatic carbocycles. The summed E-state index contributed by atoms with van der Waals surface area (Å²) in [6, 6.07) is 10.6. The zero-order valence-electron chi connectivity index (χ0n) is 18.6. The lowest BCUT2D eigenvalue weighted by Gasteiger charge is -2.32. The van der Waals surface area contributed by atoms with Gasteiger partial charge in [-0.1, -0.05) is 13.8 Å². The van der Waals surface area contributed by atoms with E-state index >= 15 is 0 Å². The van der Waals surface area contributed by atoms with Crippen LogP contribution >= 0.6 is 0 Å². The lowest BCUT2D eigenvalue weighted by molar-refractivity contribution is -0.120. The van der Waals surface area contributed by atoms with Crippen LogP contribution in [-0.2, 0) is 9.53 Å². The van der Waals surface area contributed by atoms with Gasteiger partial charge in [0.1, 0.15) is 5.82 Å². The van der Waals surface area contributed by atoms with Crippen molar-refractivity contribution in [1.29, 1.82) is 0 Å². The van der Waals surface area contributed by atoms with Crippen molar-refractivity contribution < 1.29 is 14.3 Å². The molecule has 1 saturated heterocycles. The van der Waals surface area contributed by atoms with E-state index in [1.807, 2.05) is 12.1 Å². The molecule has 9 heteroatoms. The van der Waals surface area contributed by atoms with Crippen molar-refractivity contribution in [3.8, 4) is 0 Å². The summed E-state index contributed by atoms with van der Waals surface area (Å²) < 4.78 is 6.78. The molecular weight excluding hydrogens is 408 g/mol. The molecule has 0 saturated carbocycles. The number of rotatable bonds is 6. The Balaban J connectivity index is 1.43. The van der Waals surface area contributed by atoms with Gasteiger partial charge in [-0.05, 0) is 56.2 Å². The Morgan fingerprint density at radius 3 is 2.66 bits per heavy atom. The normalized spacial score (nSPS) is 16.4. The van der Waals surface area contributed by atoms with Gasteiger partial charge in [-0.3, -0.25) is 4.79 Å². The summed E-state index contributed by atoms with van der Waals surface area (Å²) in [5.74, 6) is 1.28. The summed E-state index contributed by atoms with van der Waals surface area (Å²) in [6.07, 6.45) is 1.72. The van der Waals surface area contributed by atoms with E-state index in [9.17, 15) is 9.59 Å². The van der Waals surface area contributed by atoms with Gasteiger partial charge in [0, 0.05) is 24.7 Å². The molecule has 168 valence electrons. The number of piperidine rings is 1. The molecule has 3 aromatic rings. The van der Waals surface area contributed by atoms with Crippen molar-refractivity contribution in [3.05, 3.63) is 47.8 Å². The second-order valence-corrected chi connectivity index (χ2v) is 8.25. The zero-order chi connectivity index (χ0) is 22.7. The minimum absolute atomic E-state index is 0.0353. The summed E-state index contributed by atoms with van der Waals surface area (Å²) in [4.78, 5) is 26.8. The highest BCUT2D eigenvalue weighted by molar-refractivity contribution is 5.94. The van der Waals surface area contributed by atoms with E-state index in [-0.39, 0.29) is 23.7 Å². The van der Waals surface area contributed by atoms with Crippen LogP contribution in [-0.4, -0.2) is 51.4 Å². The van der Waals surface area contributed by atoms with Gasteiger partial charge in [0.2, 0.25) is 5.91 Å². The third-order valence-electron chi connectivity index (χ3n) is 5.57. The molecule has 1 N–H and O–H groups in total. The standard InChI is InChI=1S/C23H28N6O3/c1-4-32-23(31)16-7-9-18(10-8-16)24-22(30)17-6-5-13-28(14-17)20-12-11-19-25-26-21(15(2)3)29(19)27-20/h7-12,15,17H,4-6,13-14H2,1-3H3,(H,24,30). The highest BCUT2D eigenvalue weighted by atomic mass is 16.5. The van der Waals surface area contributed by atoms with Crippen molar-refractivity contribution >= 4 is 29.0 Å². The highest BCUT2D eigenvalue weighted by Crippen LogP contribution is 2.24. The number of aromatic nitrogens is 4. The molecule has 4 rings (SSSR count). The largest absolute Gasteiger partial charge is 0.462 e. The Morgan fingerprint density at radius 2 is 1.94 bits per heavy atom. The van der Waals surface area contributed by atoms with Gasteiger partial charge in [0.15, 0.2) is 11.5 Å². The topological polar surface area (TPSA) is 102 Å². The molecule has 1 aliphatic rings. The quantitative estimate of drug-likeness (QED) is 0.592. The number of fused-ring (bicyclic) bond motifs is 1. The number of amides is 1. The molecule has 32 heavy (non-hydrogen) atoms. The van der Waals surface area contributed by atoms with Crippen LogP contribution in [0.4, 0.5) is 11.5 Å². The molecule has 0 spiro atoms. The van der Waals surface area contributed by atoms with E-state index in [0.29, 0.717) is 24.4 Å². The first kappa shape index (κ1) is 21.7. The van der Waals surface area contributed by atoms with Crippen molar-refractivity contribution in [1.82, 2.24) is 19.8 Å². The van der Waals surface area contributed by atoms with Crippen molar-refractivity contribution in [2.24, 2.45) is 5.92 Å². The smallest absolute Gasteiger partial charge is 0.338 e. The van der Waals surface area contributed by atoms with E-state index in [1.54, 1.807) is 35.7 Å². The van der Waals surface area contributed by atoms with Crippen molar-refractivity contribution in [2.75, 3.05) is 29.9 Å². The molecule has 9 nitrogen and oxygen atoms in total. The molecule has 2 aromatic heterocycles. The molecule has 0 bridgehead atoms. The average Bonchev–Trinajstić information content (AvgIpc) is 3.23. The molecule has 3 heterocycles. The molecule has 1 aliphatic heterocycles. The van der Waals surface area contributed by atoms with E-state index < -0.39 is 0 Å². The Bertz CT molecular complexity index is 1110. The fourth-order valence-electron chi connectivity index (χ4n) is 3.87.